The van der Waals surface area contributed by atoms with Crippen molar-refractivity contribution < 1.29 is 9.90 Å². The summed E-state index contributed by atoms with van der Waals surface area (Å²) in [6.07, 6.45) is 4.75. The highest BCUT2D eigenvalue weighted by Crippen LogP contribution is 2.23. The van der Waals surface area contributed by atoms with E-state index in [9.17, 15) is 14.7 Å². The Kier molecular flexibility index (Phi) is 5.99. The molecule has 1 aromatic heterocycles. The third kappa shape index (κ3) is 4.59. The third-order valence-electron chi connectivity index (χ3n) is 5.38. The Morgan fingerprint density at radius 1 is 1.19 bits per heavy atom. The predicted octanol–water partition coefficient (Wildman–Crippen LogP) is 3.83. The second-order valence-electron chi connectivity index (χ2n) is 7.66. The van der Waals surface area contributed by atoms with Gasteiger partial charge in [0.15, 0.2) is 0 Å². The summed E-state index contributed by atoms with van der Waals surface area (Å²) < 4.78 is 0. The lowest BCUT2D eigenvalue weighted by molar-refractivity contribution is 0.0600. The number of aromatic nitrogens is 1. The van der Waals surface area contributed by atoms with Gasteiger partial charge in [-0.15, -0.1) is 0 Å². The van der Waals surface area contributed by atoms with Gasteiger partial charge in [-0.2, -0.15) is 0 Å². The molecule has 27 heavy (non-hydrogen) atoms. The Morgan fingerprint density at radius 3 is 2.59 bits per heavy atom. The van der Waals surface area contributed by atoms with E-state index < -0.39 is 0 Å². The summed E-state index contributed by atoms with van der Waals surface area (Å²) in [5.74, 6) is 0.314. The van der Waals surface area contributed by atoms with Gasteiger partial charge in [-0.1, -0.05) is 26.0 Å². The van der Waals surface area contributed by atoms with E-state index in [1.54, 1.807) is 18.2 Å². The van der Waals surface area contributed by atoms with E-state index in [4.69, 9.17) is 0 Å². The SMILES string of the molecule is CC(C)c1ccc(C(=O)N2CCCC[C@H]2CCc2ccc(O)cc2)c(=O)[nH]1. The molecule has 2 N–H and O–H groups in total. The molecule has 1 aromatic carbocycles. The zero-order chi connectivity index (χ0) is 19.4. The molecule has 0 saturated carbocycles. The van der Waals surface area contributed by atoms with E-state index in [0.29, 0.717) is 6.54 Å². The Bertz CT molecular complexity index is 839. The fourth-order valence-electron chi connectivity index (χ4n) is 3.71. The third-order valence-corrected chi connectivity index (χ3v) is 5.38. The number of nitrogens with zero attached hydrogens (tertiary/aromatic N) is 1. The van der Waals surface area contributed by atoms with Gasteiger partial charge in [0, 0.05) is 18.3 Å². The minimum Gasteiger partial charge on any atom is -0.508 e. The van der Waals surface area contributed by atoms with Crippen LogP contribution in [0.5, 0.6) is 5.75 Å². The molecule has 0 spiro atoms. The number of piperidine rings is 1. The van der Waals surface area contributed by atoms with Crippen LogP contribution in [-0.2, 0) is 6.42 Å². The minimum atomic E-state index is -0.297. The molecule has 5 heteroatoms. The maximum absolute atomic E-state index is 13.0. The van der Waals surface area contributed by atoms with Crippen LogP contribution >= 0.6 is 0 Å². The van der Waals surface area contributed by atoms with Crippen LogP contribution in [0.3, 0.4) is 0 Å². The van der Waals surface area contributed by atoms with E-state index in [0.717, 1.165) is 43.4 Å². The molecule has 144 valence electrons. The number of hydrogen-bond acceptors (Lipinski definition) is 3. The summed E-state index contributed by atoms with van der Waals surface area (Å²) in [7, 11) is 0. The Morgan fingerprint density at radius 2 is 1.93 bits per heavy atom. The fraction of sp³-hybridized carbons (Fsp3) is 0.455. The van der Waals surface area contributed by atoms with Crippen LogP contribution in [0.2, 0.25) is 0 Å². The number of phenolic OH excluding ortho intramolecular Hbond substituents is 1. The summed E-state index contributed by atoms with van der Waals surface area (Å²) in [5.41, 5.74) is 1.92. The van der Waals surface area contributed by atoms with Crippen molar-refractivity contribution in [2.24, 2.45) is 0 Å². The lowest BCUT2D eigenvalue weighted by Gasteiger charge is -2.36. The van der Waals surface area contributed by atoms with Gasteiger partial charge < -0.3 is 15.0 Å². The van der Waals surface area contributed by atoms with Crippen molar-refractivity contribution in [1.82, 2.24) is 9.88 Å². The molecule has 5 nitrogen and oxygen atoms in total. The van der Waals surface area contributed by atoms with Crippen molar-refractivity contribution in [1.29, 1.82) is 0 Å². The number of carbonyl (C=O) groups is 1. The molecular formula is C22H28N2O3. The molecule has 1 atom stereocenters. The van der Waals surface area contributed by atoms with Gasteiger partial charge in [-0.05, 0) is 67.9 Å². The van der Waals surface area contributed by atoms with Crippen molar-refractivity contribution in [3.05, 3.63) is 63.6 Å². The van der Waals surface area contributed by atoms with Gasteiger partial charge in [0.25, 0.3) is 11.5 Å². The molecule has 0 radical (unpaired) electrons. The Balaban J connectivity index is 1.73. The zero-order valence-electron chi connectivity index (χ0n) is 16.1. The molecule has 0 aliphatic carbocycles. The monoisotopic (exact) mass is 368 g/mol. The van der Waals surface area contributed by atoms with Crippen molar-refractivity contribution in [2.45, 2.75) is 57.9 Å². The first-order valence-electron chi connectivity index (χ1n) is 9.78. The lowest BCUT2D eigenvalue weighted by Crippen LogP contribution is -2.45. The summed E-state index contributed by atoms with van der Waals surface area (Å²) in [6.45, 7) is 4.72. The number of aromatic hydroxyl groups is 1. The summed E-state index contributed by atoms with van der Waals surface area (Å²) >= 11 is 0. The molecule has 1 aliphatic heterocycles. The van der Waals surface area contributed by atoms with Gasteiger partial charge in [0.05, 0.1) is 0 Å². The number of carbonyl (C=O) groups excluding carboxylic acids is 1. The van der Waals surface area contributed by atoms with E-state index in [2.05, 4.69) is 4.98 Å². The number of aromatic amines is 1. The first kappa shape index (κ1) is 19.2. The Hall–Kier alpha value is -2.56. The van der Waals surface area contributed by atoms with E-state index in [-0.39, 0.29) is 34.7 Å². The average molecular weight is 368 g/mol. The van der Waals surface area contributed by atoms with Gasteiger partial charge in [-0.25, -0.2) is 0 Å². The summed E-state index contributed by atoms with van der Waals surface area (Å²) in [5, 5.41) is 9.41. The number of pyridine rings is 1. The Labute approximate surface area is 160 Å². The maximum atomic E-state index is 13.0. The number of amides is 1. The number of benzene rings is 1. The standard InChI is InChI=1S/C22H28N2O3/c1-15(2)20-13-12-19(21(26)23-20)22(27)24-14-4-3-5-17(24)9-6-16-7-10-18(25)11-8-16/h7-8,10-13,15,17,25H,3-6,9,14H2,1-2H3,(H,23,26)/t17-/m0/s1. The second-order valence-corrected chi connectivity index (χ2v) is 7.66. The second kappa shape index (κ2) is 8.42. The van der Waals surface area contributed by atoms with Crippen molar-refractivity contribution >= 4 is 5.91 Å². The smallest absolute Gasteiger partial charge is 0.261 e. The summed E-state index contributed by atoms with van der Waals surface area (Å²) in [4.78, 5) is 30.2. The van der Waals surface area contributed by atoms with E-state index >= 15 is 0 Å². The molecule has 2 heterocycles. The first-order chi connectivity index (χ1) is 13.0. The first-order valence-corrected chi connectivity index (χ1v) is 9.78. The average Bonchev–Trinajstić information content (AvgIpc) is 2.67. The molecule has 1 aliphatic rings. The number of hydrogen-bond donors (Lipinski definition) is 2. The highest BCUT2D eigenvalue weighted by Gasteiger charge is 2.28. The van der Waals surface area contributed by atoms with Gasteiger partial charge in [0.2, 0.25) is 0 Å². The van der Waals surface area contributed by atoms with Crippen LogP contribution in [0.15, 0.2) is 41.2 Å². The number of likely N-dealkylation sites (tertiary alicyclic amines) is 1. The van der Waals surface area contributed by atoms with E-state index in [1.807, 2.05) is 36.9 Å². The fourth-order valence-corrected chi connectivity index (χ4v) is 3.71. The molecule has 2 aromatic rings. The van der Waals surface area contributed by atoms with Crippen LogP contribution in [0, 0.1) is 0 Å². The molecule has 1 amide bonds. The summed E-state index contributed by atoms with van der Waals surface area (Å²) in [6, 6.07) is 10.9. The number of nitrogens with one attached hydrogen (secondary N) is 1. The number of aryl methyl sites for hydroxylation is 1. The number of H-pyrrole nitrogens is 1. The minimum absolute atomic E-state index is 0.143. The molecule has 1 saturated heterocycles. The molecule has 0 bridgehead atoms. The maximum Gasteiger partial charge on any atom is 0.261 e. The topological polar surface area (TPSA) is 73.4 Å². The van der Waals surface area contributed by atoms with Gasteiger partial charge in [-0.3, -0.25) is 9.59 Å². The molecule has 3 rings (SSSR count). The van der Waals surface area contributed by atoms with Crippen LogP contribution in [0.1, 0.15) is 67.1 Å². The van der Waals surface area contributed by atoms with E-state index in [1.165, 1.54) is 0 Å². The van der Waals surface area contributed by atoms with Crippen LogP contribution < -0.4 is 5.56 Å². The van der Waals surface area contributed by atoms with Crippen molar-refractivity contribution in [2.75, 3.05) is 6.54 Å². The number of rotatable bonds is 5. The van der Waals surface area contributed by atoms with Crippen LogP contribution in [0.4, 0.5) is 0 Å². The number of phenols is 1. The van der Waals surface area contributed by atoms with Gasteiger partial charge >= 0.3 is 0 Å². The highest BCUT2D eigenvalue weighted by molar-refractivity contribution is 5.94. The van der Waals surface area contributed by atoms with Gasteiger partial charge in [0.1, 0.15) is 11.3 Å². The molecule has 1 fully saturated rings. The molecule has 0 unspecified atom stereocenters. The largest absolute Gasteiger partial charge is 0.508 e. The quantitative estimate of drug-likeness (QED) is 0.842. The zero-order valence-corrected chi connectivity index (χ0v) is 16.1. The lowest BCUT2D eigenvalue weighted by atomic mass is 9.95. The van der Waals surface area contributed by atoms with Crippen molar-refractivity contribution in [3.8, 4) is 5.75 Å². The van der Waals surface area contributed by atoms with Crippen molar-refractivity contribution in [3.63, 3.8) is 0 Å². The highest BCUT2D eigenvalue weighted by atomic mass is 16.3. The normalized spacial score (nSPS) is 17.3. The van der Waals surface area contributed by atoms with Crippen LogP contribution in [0.25, 0.3) is 0 Å². The van der Waals surface area contributed by atoms with Crippen LogP contribution in [-0.4, -0.2) is 33.5 Å². The molecular weight excluding hydrogens is 340 g/mol. The predicted molar refractivity (Wildman–Crippen MR) is 106 cm³/mol.